The molecule has 0 amide bonds. The quantitative estimate of drug-likeness (QED) is 0.838. The predicted octanol–water partition coefficient (Wildman–Crippen LogP) is 2.85. The maximum atomic E-state index is 12.4. The molecule has 94 valence electrons. The van der Waals surface area contributed by atoms with Crippen molar-refractivity contribution < 1.29 is 9.53 Å². The third kappa shape index (κ3) is 1.99. The van der Waals surface area contributed by atoms with Crippen LogP contribution in [0.4, 0.5) is 0 Å². The van der Waals surface area contributed by atoms with Crippen molar-refractivity contribution in [3.8, 4) is 5.75 Å². The largest absolute Gasteiger partial charge is 0.496 e. The first-order chi connectivity index (χ1) is 8.56. The molecule has 0 aliphatic rings. The Morgan fingerprint density at radius 1 is 1.33 bits per heavy atom. The summed E-state index contributed by atoms with van der Waals surface area (Å²) in [5, 5.41) is 4.65. The van der Waals surface area contributed by atoms with E-state index in [0.717, 1.165) is 0 Å². The van der Waals surface area contributed by atoms with Crippen LogP contribution in [0.1, 0.15) is 21.7 Å². The van der Waals surface area contributed by atoms with Gasteiger partial charge in [-0.3, -0.25) is 4.79 Å². The van der Waals surface area contributed by atoms with Crippen LogP contribution in [0, 0.1) is 13.8 Å². The summed E-state index contributed by atoms with van der Waals surface area (Å²) in [7, 11) is 1.53. The molecule has 18 heavy (non-hydrogen) atoms. The van der Waals surface area contributed by atoms with E-state index in [1.807, 2.05) is 6.07 Å². The highest BCUT2D eigenvalue weighted by Crippen LogP contribution is 2.23. The highest BCUT2D eigenvalue weighted by atomic mass is 35.5. The first-order valence-electron chi connectivity index (χ1n) is 5.45. The first-order valence-corrected chi connectivity index (χ1v) is 5.83. The van der Waals surface area contributed by atoms with Crippen LogP contribution < -0.4 is 4.74 Å². The zero-order valence-corrected chi connectivity index (χ0v) is 11.2. The van der Waals surface area contributed by atoms with Crippen molar-refractivity contribution in [1.82, 2.24) is 9.78 Å². The molecule has 2 aromatic rings. The fraction of sp³-hybridized carbons (Fsp3) is 0.231. The zero-order valence-electron chi connectivity index (χ0n) is 10.4. The van der Waals surface area contributed by atoms with Gasteiger partial charge in [-0.15, -0.1) is 0 Å². The van der Waals surface area contributed by atoms with Crippen molar-refractivity contribution >= 4 is 17.5 Å². The molecular formula is C13H13ClN2O2. The number of benzene rings is 1. The third-order valence-electron chi connectivity index (χ3n) is 2.73. The molecule has 0 aliphatic carbocycles. The van der Waals surface area contributed by atoms with Crippen molar-refractivity contribution in [1.29, 1.82) is 0 Å². The fourth-order valence-corrected chi connectivity index (χ4v) is 1.87. The maximum absolute atomic E-state index is 12.4. The number of carbonyl (C=O) groups excluding carboxylic acids is 1. The number of rotatable bonds is 2. The number of aryl methyl sites for hydroxylation is 1. The van der Waals surface area contributed by atoms with Gasteiger partial charge in [-0.2, -0.15) is 9.78 Å². The van der Waals surface area contributed by atoms with Crippen molar-refractivity contribution in [2.45, 2.75) is 13.8 Å². The SMILES string of the molecule is COc1ccccc1C(=O)n1nc(C)c(Cl)c1C. The van der Waals surface area contributed by atoms with E-state index in [4.69, 9.17) is 16.3 Å². The number of para-hydroxylation sites is 1. The zero-order chi connectivity index (χ0) is 13.3. The summed E-state index contributed by atoms with van der Waals surface area (Å²) in [6.45, 7) is 3.52. The molecule has 0 aliphatic heterocycles. The van der Waals surface area contributed by atoms with E-state index < -0.39 is 0 Å². The van der Waals surface area contributed by atoms with Crippen molar-refractivity contribution in [3.05, 3.63) is 46.2 Å². The van der Waals surface area contributed by atoms with E-state index in [-0.39, 0.29) is 5.91 Å². The lowest BCUT2D eigenvalue weighted by atomic mass is 10.2. The molecule has 0 unspecified atom stereocenters. The molecule has 0 fully saturated rings. The Morgan fingerprint density at radius 3 is 2.56 bits per heavy atom. The smallest absolute Gasteiger partial charge is 0.282 e. The average molecular weight is 265 g/mol. The number of hydrogen-bond acceptors (Lipinski definition) is 3. The lowest BCUT2D eigenvalue weighted by molar-refractivity contribution is 0.0939. The van der Waals surface area contributed by atoms with Crippen molar-refractivity contribution in [3.63, 3.8) is 0 Å². The Kier molecular flexibility index (Phi) is 3.39. The standard InChI is InChI=1S/C13H13ClN2O2/c1-8-12(14)9(2)16(15-8)13(17)10-6-4-5-7-11(10)18-3/h4-7H,1-3H3. The van der Waals surface area contributed by atoms with Gasteiger partial charge in [-0.1, -0.05) is 23.7 Å². The summed E-state index contributed by atoms with van der Waals surface area (Å²) in [6, 6.07) is 7.03. The van der Waals surface area contributed by atoms with Crippen molar-refractivity contribution in [2.75, 3.05) is 7.11 Å². The van der Waals surface area contributed by atoms with Gasteiger partial charge in [-0.25, -0.2) is 0 Å². The van der Waals surface area contributed by atoms with E-state index >= 15 is 0 Å². The van der Waals surface area contributed by atoms with Gasteiger partial charge in [0.1, 0.15) is 5.75 Å². The number of halogens is 1. The highest BCUT2D eigenvalue weighted by molar-refractivity contribution is 6.32. The summed E-state index contributed by atoms with van der Waals surface area (Å²) in [5.41, 5.74) is 1.73. The molecule has 2 rings (SSSR count). The molecule has 1 aromatic carbocycles. The van der Waals surface area contributed by atoms with E-state index in [2.05, 4.69) is 5.10 Å². The van der Waals surface area contributed by atoms with Gasteiger partial charge in [0.2, 0.25) is 0 Å². The van der Waals surface area contributed by atoms with Gasteiger partial charge in [0.25, 0.3) is 5.91 Å². The van der Waals surface area contributed by atoms with Gasteiger partial charge in [-0.05, 0) is 26.0 Å². The minimum atomic E-state index is -0.250. The molecule has 1 aromatic heterocycles. The lowest BCUT2D eigenvalue weighted by Crippen LogP contribution is -2.16. The topological polar surface area (TPSA) is 44.1 Å². The minimum absolute atomic E-state index is 0.250. The van der Waals surface area contributed by atoms with Gasteiger partial charge >= 0.3 is 0 Å². The first kappa shape index (κ1) is 12.6. The molecule has 0 atom stereocenters. The number of hydrogen-bond donors (Lipinski definition) is 0. The number of carbonyl (C=O) groups is 1. The summed E-state index contributed by atoms with van der Waals surface area (Å²) >= 11 is 6.04. The third-order valence-corrected chi connectivity index (χ3v) is 3.28. The summed E-state index contributed by atoms with van der Waals surface area (Å²) in [5.74, 6) is 0.270. The molecule has 0 bridgehead atoms. The number of methoxy groups -OCH3 is 1. The average Bonchev–Trinajstić information content (AvgIpc) is 2.65. The maximum Gasteiger partial charge on any atom is 0.282 e. The van der Waals surface area contributed by atoms with Crippen LogP contribution in [0.5, 0.6) is 5.75 Å². The van der Waals surface area contributed by atoms with Gasteiger partial charge < -0.3 is 4.74 Å². The molecule has 4 nitrogen and oxygen atoms in total. The second kappa shape index (κ2) is 4.82. The predicted molar refractivity (Wildman–Crippen MR) is 69.4 cm³/mol. The molecular weight excluding hydrogens is 252 g/mol. The van der Waals surface area contributed by atoms with Crippen LogP contribution in [0.25, 0.3) is 0 Å². The number of ether oxygens (including phenoxy) is 1. The number of nitrogens with zero attached hydrogens (tertiary/aromatic N) is 2. The highest BCUT2D eigenvalue weighted by Gasteiger charge is 2.19. The Labute approximate surface area is 110 Å². The molecule has 0 N–H and O–H groups in total. The molecule has 0 radical (unpaired) electrons. The van der Waals surface area contributed by atoms with Crippen LogP contribution in [0.2, 0.25) is 5.02 Å². The Bertz CT molecular complexity index is 605. The van der Waals surface area contributed by atoms with E-state index in [1.54, 1.807) is 32.0 Å². The van der Waals surface area contributed by atoms with Crippen LogP contribution in [0.15, 0.2) is 24.3 Å². The van der Waals surface area contributed by atoms with Crippen molar-refractivity contribution in [2.24, 2.45) is 0 Å². The van der Waals surface area contributed by atoms with Gasteiger partial charge in [0.05, 0.1) is 29.1 Å². The fourth-order valence-electron chi connectivity index (χ4n) is 1.76. The molecule has 0 saturated carbocycles. The van der Waals surface area contributed by atoms with E-state index in [0.29, 0.717) is 27.7 Å². The minimum Gasteiger partial charge on any atom is -0.496 e. The lowest BCUT2D eigenvalue weighted by Gasteiger charge is -2.07. The van der Waals surface area contributed by atoms with E-state index in [9.17, 15) is 4.79 Å². The Morgan fingerprint density at radius 2 is 2.00 bits per heavy atom. The van der Waals surface area contributed by atoms with E-state index in [1.165, 1.54) is 11.8 Å². The van der Waals surface area contributed by atoms with Gasteiger partial charge in [0.15, 0.2) is 0 Å². The molecule has 0 spiro atoms. The summed E-state index contributed by atoms with van der Waals surface area (Å²) < 4.78 is 6.47. The van der Waals surface area contributed by atoms with Crippen LogP contribution in [-0.2, 0) is 0 Å². The summed E-state index contributed by atoms with van der Waals surface area (Å²) in [4.78, 5) is 12.4. The molecule has 5 heteroatoms. The second-order valence-electron chi connectivity index (χ2n) is 3.90. The molecule has 0 saturated heterocycles. The van der Waals surface area contributed by atoms with Crippen LogP contribution in [-0.4, -0.2) is 22.8 Å². The Hall–Kier alpha value is -1.81. The van der Waals surface area contributed by atoms with Gasteiger partial charge in [0, 0.05) is 0 Å². The van der Waals surface area contributed by atoms with Crippen LogP contribution in [0.3, 0.4) is 0 Å². The Balaban J connectivity index is 2.51. The monoisotopic (exact) mass is 264 g/mol. The number of aromatic nitrogens is 2. The molecule has 1 heterocycles. The second-order valence-corrected chi connectivity index (χ2v) is 4.28. The normalized spacial score (nSPS) is 10.4. The summed E-state index contributed by atoms with van der Waals surface area (Å²) in [6.07, 6.45) is 0. The van der Waals surface area contributed by atoms with Crippen LogP contribution >= 0.6 is 11.6 Å².